The van der Waals surface area contributed by atoms with E-state index in [1.54, 1.807) is 42.3 Å². The van der Waals surface area contributed by atoms with Crippen LogP contribution in [0.15, 0.2) is 55.2 Å². The fourth-order valence-corrected chi connectivity index (χ4v) is 5.03. The van der Waals surface area contributed by atoms with Gasteiger partial charge in [0.1, 0.15) is 12.4 Å². The molecule has 0 aliphatic carbocycles. The van der Waals surface area contributed by atoms with Crippen LogP contribution in [-0.4, -0.2) is 71.1 Å². The molecule has 42 heavy (non-hydrogen) atoms. The summed E-state index contributed by atoms with van der Waals surface area (Å²) < 4.78 is 44.9. The normalized spacial score (nSPS) is 14.0. The number of nitrogens with zero attached hydrogens (tertiary/aromatic N) is 8. The van der Waals surface area contributed by atoms with Gasteiger partial charge in [-0.2, -0.15) is 18.3 Å². The predicted molar refractivity (Wildman–Crippen MR) is 149 cm³/mol. The zero-order chi connectivity index (χ0) is 29.4. The number of piperazine rings is 1. The molecule has 11 nitrogen and oxygen atoms in total. The number of fused-ring (bicyclic) bond motifs is 1. The van der Waals surface area contributed by atoms with Crippen molar-refractivity contribution < 1.29 is 18.0 Å². The smallest absolute Gasteiger partial charge is 0.337 e. The number of alkyl halides is 3. The van der Waals surface area contributed by atoms with Crippen molar-refractivity contribution in [3.05, 3.63) is 83.0 Å². The number of carbonyl (C=O) groups excluding carboxylic acids is 1. The van der Waals surface area contributed by atoms with Crippen LogP contribution in [0.4, 0.5) is 24.7 Å². The minimum Gasteiger partial charge on any atom is -0.337 e. The Hall–Kier alpha value is -4.56. The summed E-state index contributed by atoms with van der Waals surface area (Å²) in [5.41, 5.74) is 0.856. The fraction of sp³-hybridized carbons (Fsp3) is 0.259. The zero-order valence-electron chi connectivity index (χ0n) is 22.2. The summed E-state index contributed by atoms with van der Waals surface area (Å²) in [6.45, 7) is 4.36. The Balaban J connectivity index is 1.30. The molecule has 1 aliphatic rings. The van der Waals surface area contributed by atoms with Gasteiger partial charge in [0, 0.05) is 62.3 Å². The highest BCUT2D eigenvalue weighted by atomic mass is 35.5. The number of aromatic nitrogens is 7. The Labute approximate surface area is 242 Å². The summed E-state index contributed by atoms with van der Waals surface area (Å²) in [4.78, 5) is 31.7. The number of halogens is 4. The minimum atomic E-state index is -4.72. The first-order chi connectivity index (χ1) is 20.2. The molecule has 0 saturated carbocycles. The van der Waals surface area contributed by atoms with Gasteiger partial charge in [-0.15, -0.1) is 0 Å². The maximum absolute atomic E-state index is 14.1. The lowest BCUT2D eigenvalue weighted by Gasteiger charge is -2.27. The molecule has 5 aromatic rings. The highest BCUT2D eigenvalue weighted by molar-refractivity contribution is 6.34. The molecule has 0 radical (unpaired) electrons. The van der Waals surface area contributed by atoms with E-state index in [1.165, 1.54) is 29.2 Å². The van der Waals surface area contributed by atoms with E-state index in [4.69, 9.17) is 11.6 Å². The Kier molecular flexibility index (Phi) is 7.24. The van der Waals surface area contributed by atoms with E-state index in [9.17, 15) is 18.0 Å². The molecule has 4 aromatic heterocycles. The number of nitrogens with one attached hydrogen (secondary N) is 2. The maximum Gasteiger partial charge on any atom is 0.435 e. The third-order valence-corrected chi connectivity index (χ3v) is 7.06. The molecule has 0 unspecified atom stereocenters. The van der Waals surface area contributed by atoms with Crippen LogP contribution < -0.4 is 10.6 Å². The van der Waals surface area contributed by atoms with Crippen LogP contribution in [-0.2, 0) is 12.7 Å². The highest BCUT2D eigenvalue weighted by Crippen LogP contribution is 2.37. The second-order valence-corrected chi connectivity index (χ2v) is 10.1. The first-order valence-electron chi connectivity index (χ1n) is 13.0. The van der Waals surface area contributed by atoms with Gasteiger partial charge in [0.25, 0.3) is 5.91 Å². The zero-order valence-corrected chi connectivity index (χ0v) is 23.0. The summed E-state index contributed by atoms with van der Waals surface area (Å²) in [6, 6.07) is 6.63. The molecule has 0 atom stereocenters. The topological polar surface area (TPSA) is 118 Å². The summed E-state index contributed by atoms with van der Waals surface area (Å²) >= 11 is 6.47. The van der Waals surface area contributed by atoms with Crippen molar-refractivity contribution in [1.29, 1.82) is 0 Å². The molecule has 5 heterocycles. The van der Waals surface area contributed by atoms with Crippen molar-refractivity contribution in [3.63, 3.8) is 0 Å². The number of amides is 1. The van der Waals surface area contributed by atoms with E-state index < -0.39 is 11.9 Å². The van der Waals surface area contributed by atoms with Crippen molar-refractivity contribution >= 4 is 34.7 Å². The lowest BCUT2D eigenvalue weighted by atomic mass is 10.1. The number of hydrogen-bond acceptors (Lipinski definition) is 8. The number of imidazole rings is 1. The van der Waals surface area contributed by atoms with Gasteiger partial charge >= 0.3 is 6.18 Å². The molecule has 216 valence electrons. The maximum atomic E-state index is 14.1. The van der Waals surface area contributed by atoms with Crippen LogP contribution in [0.3, 0.4) is 0 Å². The summed E-state index contributed by atoms with van der Waals surface area (Å²) in [5.74, 6) is 0.474. The first kappa shape index (κ1) is 27.6. The Bertz CT molecular complexity index is 1780. The predicted octanol–water partition coefficient (Wildman–Crippen LogP) is 4.20. The molecule has 1 saturated heterocycles. The third-order valence-electron chi connectivity index (χ3n) is 6.75. The number of rotatable bonds is 6. The quantitative estimate of drug-likeness (QED) is 0.299. The Morgan fingerprint density at radius 1 is 1.12 bits per heavy atom. The van der Waals surface area contributed by atoms with Crippen LogP contribution in [0.5, 0.6) is 0 Å². The van der Waals surface area contributed by atoms with E-state index >= 15 is 0 Å². The number of benzene rings is 1. The SMILES string of the molecule is Cc1ccnc(Cn2cc(-c3cnc4c(Nc5ccc(C(=O)N6CCNCC6)c(Cl)c5)nccn34)c(C(F)(F)F)n2)n1. The minimum absolute atomic E-state index is 0.0379. The van der Waals surface area contributed by atoms with Crippen LogP contribution in [0.2, 0.25) is 5.02 Å². The molecule has 1 fully saturated rings. The molecular weight excluding hydrogens is 573 g/mol. The van der Waals surface area contributed by atoms with Gasteiger partial charge in [0.15, 0.2) is 17.2 Å². The summed E-state index contributed by atoms with van der Waals surface area (Å²) in [5, 5.41) is 10.4. The van der Waals surface area contributed by atoms with Crippen LogP contribution in [0.1, 0.15) is 27.6 Å². The molecule has 1 amide bonds. The highest BCUT2D eigenvalue weighted by Gasteiger charge is 2.38. The average Bonchev–Trinajstić information content (AvgIpc) is 3.58. The van der Waals surface area contributed by atoms with Crippen LogP contribution >= 0.6 is 11.6 Å². The lowest BCUT2D eigenvalue weighted by Crippen LogP contribution is -2.46. The van der Waals surface area contributed by atoms with Crippen molar-refractivity contribution in [2.45, 2.75) is 19.6 Å². The van der Waals surface area contributed by atoms with Gasteiger partial charge in [-0.1, -0.05) is 11.6 Å². The number of anilines is 2. The van der Waals surface area contributed by atoms with Crippen molar-refractivity contribution in [2.24, 2.45) is 0 Å². The Morgan fingerprint density at radius 3 is 2.67 bits per heavy atom. The van der Waals surface area contributed by atoms with Gasteiger partial charge in [0.2, 0.25) is 0 Å². The summed E-state index contributed by atoms with van der Waals surface area (Å²) in [7, 11) is 0. The van der Waals surface area contributed by atoms with Crippen molar-refractivity contribution in [2.75, 3.05) is 31.5 Å². The third kappa shape index (κ3) is 5.50. The van der Waals surface area contributed by atoms with Crippen molar-refractivity contribution in [1.82, 2.24) is 44.3 Å². The monoisotopic (exact) mass is 596 g/mol. The molecular formula is C27H24ClF3N10O. The van der Waals surface area contributed by atoms with Gasteiger partial charge in [0.05, 0.1) is 28.0 Å². The van der Waals surface area contributed by atoms with E-state index in [0.717, 1.165) is 17.8 Å². The molecule has 1 aliphatic heterocycles. The fourth-order valence-electron chi connectivity index (χ4n) is 4.77. The van der Waals surface area contributed by atoms with Gasteiger partial charge < -0.3 is 15.5 Å². The average molecular weight is 597 g/mol. The lowest BCUT2D eigenvalue weighted by molar-refractivity contribution is -0.141. The largest absolute Gasteiger partial charge is 0.435 e. The molecule has 1 aromatic carbocycles. The second kappa shape index (κ2) is 11.0. The van der Waals surface area contributed by atoms with E-state index in [0.29, 0.717) is 35.9 Å². The molecule has 0 bridgehead atoms. The Morgan fingerprint density at radius 2 is 1.93 bits per heavy atom. The van der Waals surface area contributed by atoms with E-state index in [-0.39, 0.29) is 40.2 Å². The number of carbonyl (C=O) groups is 1. The number of hydrogen-bond donors (Lipinski definition) is 2. The molecule has 0 spiro atoms. The van der Waals surface area contributed by atoms with Crippen LogP contribution in [0, 0.1) is 6.92 Å². The molecule has 15 heteroatoms. The van der Waals surface area contributed by atoms with Gasteiger partial charge in [-0.25, -0.2) is 19.9 Å². The van der Waals surface area contributed by atoms with Crippen molar-refractivity contribution in [3.8, 4) is 11.3 Å². The number of aryl methyl sites for hydroxylation is 1. The van der Waals surface area contributed by atoms with Crippen LogP contribution in [0.25, 0.3) is 16.9 Å². The summed E-state index contributed by atoms with van der Waals surface area (Å²) in [6.07, 6.45) is 2.44. The first-order valence-corrected chi connectivity index (χ1v) is 13.4. The van der Waals surface area contributed by atoms with E-state index in [1.807, 2.05) is 0 Å². The molecule has 6 rings (SSSR count). The van der Waals surface area contributed by atoms with Gasteiger partial charge in [-0.3, -0.25) is 13.9 Å². The second-order valence-electron chi connectivity index (χ2n) is 9.68. The molecule has 2 N–H and O–H groups in total. The van der Waals surface area contributed by atoms with Gasteiger partial charge in [-0.05, 0) is 31.2 Å². The standard InChI is InChI=1S/C27H24ClF3N10O/c1-16-4-5-33-22(36-16)15-40-14-19(23(38-40)27(29,30)31)21-13-35-25-24(34-8-11-41(21)25)37-17-2-3-18(20(28)12-17)26(42)39-9-6-32-7-10-39/h2-5,8,11-14,32H,6-7,9-10,15H2,1H3,(H,34,37). The van der Waals surface area contributed by atoms with E-state index in [2.05, 4.69) is 35.7 Å².